The number of aliphatic carboxylic acids is 1. The summed E-state index contributed by atoms with van der Waals surface area (Å²) in [5.41, 5.74) is 0. The van der Waals surface area contributed by atoms with E-state index in [9.17, 15) is 14.4 Å². The lowest BCUT2D eigenvalue weighted by Gasteiger charge is -2.36. The summed E-state index contributed by atoms with van der Waals surface area (Å²) in [4.78, 5) is 37.1. The Hall–Kier alpha value is -1.79. The Morgan fingerprint density at radius 3 is 2.78 bits per heavy atom. The van der Waals surface area contributed by atoms with Crippen LogP contribution >= 0.6 is 0 Å². The lowest BCUT2D eigenvalue weighted by Crippen LogP contribution is -2.59. The number of hydrogen-bond donors (Lipinski definition) is 2. The van der Waals surface area contributed by atoms with Crippen molar-refractivity contribution >= 4 is 17.9 Å². The van der Waals surface area contributed by atoms with E-state index in [1.165, 1.54) is 9.80 Å². The molecule has 3 amide bonds. The van der Waals surface area contributed by atoms with Gasteiger partial charge in [-0.1, -0.05) is 6.92 Å². The molecule has 0 radical (unpaired) electrons. The minimum atomic E-state index is -1.05. The number of nitrogens with one attached hydrogen (secondary N) is 1. The van der Waals surface area contributed by atoms with Crippen LogP contribution < -0.4 is 5.32 Å². The molecule has 1 atom stereocenters. The summed E-state index contributed by atoms with van der Waals surface area (Å²) in [6.45, 7) is 4.35. The highest BCUT2D eigenvalue weighted by molar-refractivity contribution is 5.88. The molecule has 1 rings (SSSR count). The van der Waals surface area contributed by atoms with Crippen LogP contribution in [0, 0.1) is 0 Å². The minimum absolute atomic E-state index is 0.207. The van der Waals surface area contributed by atoms with Gasteiger partial charge in [0.2, 0.25) is 5.91 Å². The summed E-state index contributed by atoms with van der Waals surface area (Å²) < 4.78 is 0. The van der Waals surface area contributed by atoms with Gasteiger partial charge >= 0.3 is 12.0 Å². The summed E-state index contributed by atoms with van der Waals surface area (Å²) in [7, 11) is 0. The second kappa shape index (κ2) is 6.23. The monoisotopic (exact) mass is 257 g/mol. The Morgan fingerprint density at radius 2 is 2.22 bits per heavy atom. The number of amides is 3. The number of carboxylic acids is 1. The SMILES string of the molecule is CCCN(CC(=O)O)C(=O)N1CCNC(=O)C1C. The molecule has 1 saturated heterocycles. The zero-order valence-corrected chi connectivity index (χ0v) is 10.7. The maximum Gasteiger partial charge on any atom is 0.323 e. The van der Waals surface area contributed by atoms with Crippen molar-refractivity contribution in [2.75, 3.05) is 26.2 Å². The Bertz CT molecular complexity index is 345. The first-order valence-electron chi connectivity index (χ1n) is 6.02. The Balaban J connectivity index is 2.74. The van der Waals surface area contributed by atoms with E-state index in [1.54, 1.807) is 6.92 Å². The van der Waals surface area contributed by atoms with E-state index in [0.717, 1.165) is 0 Å². The van der Waals surface area contributed by atoms with E-state index in [4.69, 9.17) is 5.11 Å². The third kappa shape index (κ3) is 3.35. The summed E-state index contributed by atoms with van der Waals surface area (Å²) in [5, 5.41) is 11.4. The fourth-order valence-electron chi connectivity index (χ4n) is 1.90. The highest BCUT2D eigenvalue weighted by Crippen LogP contribution is 2.08. The lowest BCUT2D eigenvalue weighted by molar-refractivity contribution is -0.137. The standard InChI is InChI=1S/C11H19N3O4/c1-3-5-13(7-9(15)16)11(18)14-6-4-12-10(17)8(14)2/h8H,3-7H2,1-2H3,(H,12,17)(H,15,16). The van der Waals surface area contributed by atoms with Crippen LogP contribution in [0.15, 0.2) is 0 Å². The van der Waals surface area contributed by atoms with E-state index < -0.39 is 12.0 Å². The fraction of sp³-hybridized carbons (Fsp3) is 0.727. The molecule has 2 N–H and O–H groups in total. The topological polar surface area (TPSA) is 90.0 Å². The van der Waals surface area contributed by atoms with Crippen molar-refractivity contribution in [2.45, 2.75) is 26.3 Å². The molecule has 1 fully saturated rings. The number of rotatable bonds is 4. The van der Waals surface area contributed by atoms with Gasteiger partial charge in [-0.15, -0.1) is 0 Å². The van der Waals surface area contributed by atoms with Gasteiger partial charge < -0.3 is 20.2 Å². The van der Waals surface area contributed by atoms with Gasteiger partial charge in [0.15, 0.2) is 0 Å². The third-order valence-electron chi connectivity index (χ3n) is 2.83. The lowest BCUT2D eigenvalue weighted by atomic mass is 10.2. The Morgan fingerprint density at radius 1 is 1.56 bits per heavy atom. The molecule has 1 aliphatic rings. The molecule has 7 nitrogen and oxygen atoms in total. The molecule has 18 heavy (non-hydrogen) atoms. The number of urea groups is 1. The average molecular weight is 257 g/mol. The molecule has 1 unspecified atom stereocenters. The fourth-order valence-corrected chi connectivity index (χ4v) is 1.90. The zero-order chi connectivity index (χ0) is 13.7. The maximum atomic E-state index is 12.2. The average Bonchev–Trinajstić information content (AvgIpc) is 2.31. The molecule has 0 aromatic rings. The number of piperazine rings is 1. The Labute approximate surface area is 106 Å². The van der Waals surface area contributed by atoms with Crippen molar-refractivity contribution in [3.8, 4) is 0 Å². The first-order chi connectivity index (χ1) is 8.47. The van der Waals surface area contributed by atoms with E-state index in [1.807, 2.05) is 6.92 Å². The third-order valence-corrected chi connectivity index (χ3v) is 2.83. The second-order valence-corrected chi connectivity index (χ2v) is 4.26. The van der Waals surface area contributed by atoms with Crippen LogP contribution in [0.4, 0.5) is 4.79 Å². The van der Waals surface area contributed by atoms with Gasteiger partial charge in [0.1, 0.15) is 12.6 Å². The van der Waals surface area contributed by atoms with Crippen LogP contribution in [0.5, 0.6) is 0 Å². The molecular weight excluding hydrogens is 238 g/mol. The molecule has 0 aliphatic carbocycles. The normalized spacial score (nSPS) is 19.3. The summed E-state index contributed by atoms with van der Waals surface area (Å²) in [6, 6.07) is -0.944. The van der Waals surface area contributed by atoms with E-state index in [-0.39, 0.29) is 18.5 Å². The molecule has 7 heteroatoms. The summed E-state index contributed by atoms with van der Waals surface area (Å²) in [6.07, 6.45) is 0.674. The van der Waals surface area contributed by atoms with Crippen LogP contribution in [0.1, 0.15) is 20.3 Å². The van der Waals surface area contributed by atoms with Crippen LogP contribution in [0.2, 0.25) is 0 Å². The van der Waals surface area contributed by atoms with E-state index >= 15 is 0 Å². The van der Waals surface area contributed by atoms with Crippen LogP contribution in [0.25, 0.3) is 0 Å². The van der Waals surface area contributed by atoms with Gasteiger partial charge in [-0.05, 0) is 13.3 Å². The van der Waals surface area contributed by atoms with Gasteiger partial charge in [-0.2, -0.15) is 0 Å². The van der Waals surface area contributed by atoms with E-state index in [2.05, 4.69) is 5.32 Å². The molecule has 0 bridgehead atoms. The van der Waals surface area contributed by atoms with Crippen molar-refractivity contribution in [1.82, 2.24) is 15.1 Å². The minimum Gasteiger partial charge on any atom is -0.480 e. The predicted octanol–water partition coefficient (Wildman–Crippen LogP) is -0.277. The van der Waals surface area contributed by atoms with Crippen molar-refractivity contribution in [3.63, 3.8) is 0 Å². The number of hydrogen-bond acceptors (Lipinski definition) is 3. The van der Waals surface area contributed by atoms with Gasteiger partial charge in [-0.3, -0.25) is 9.59 Å². The predicted molar refractivity (Wildman–Crippen MR) is 64.1 cm³/mol. The van der Waals surface area contributed by atoms with Gasteiger partial charge in [0.25, 0.3) is 0 Å². The van der Waals surface area contributed by atoms with Crippen molar-refractivity contribution in [2.24, 2.45) is 0 Å². The zero-order valence-electron chi connectivity index (χ0n) is 10.7. The highest BCUT2D eigenvalue weighted by atomic mass is 16.4. The first kappa shape index (κ1) is 14.3. The molecular formula is C11H19N3O4. The van der Waals surface area contributed by atoms with Gasteiger partial charge in [-0.25, -0.2) is 4.79 Å². The van der Waals surface area contributed by atoms with Crippen molar-refractivity contribution in [1.29, 1.82) is 0 Å². The van der Waals surface area contributed by atoms with E-state index in [0.29, 0.717) is 26.1 Å². The molecule has 0 aromatic heterocycles. The van der Waals surface area contributed by atoms with Gasteiger partial charge in [0, 0.05) is 19.6 Å². The molecule has 0 aromatic carbocycles. The van der Waals surface area contributed by atoms with Crippen LogP contribution in [0.3, 0.4) is 0 Å². The molecule has 0 spiro atoms. The number of carbonyl (C=O) groups excluding carboxylic acids is 2. The maximum absolute atomic E-state index is 12.2. The van der Waals surface area contributed by atoms with Gasteiger partial charge in [0.05, 0.1) is 0 Å². The number of nitrogens with zero attached hydrogens (tertiary/aromatic N) is 2. The van der Waals surface area contributed by atoms with Crippen LogP contribution in [-0.4, -0.2) is 65.0 Å². The quantitative estimate of drug-likeness (QED) is 0.725. The Kier molecular flexibility index (Phi) is 4.94. The molecule has 1 heterocycles. The van der Waals surface area contributed by atoms with Crippen molar-refractivity contribution < 1.29 is 19.5 Å². The summed E-state index contributed by atoms with van der Waals surface area (Å²) >= 11 is 0. The number of carbonyl (C=O) groups is 3. The summed E-state index contributed by atoms with van der Waals surface area (Å²) in [5.74, 6) is -1.26. The number of carboxylic acid groups (broad SMARTS) is 1. The first-order valence-corrected chi connectivity index (χ1v) is 6.02. The van der Waals surface area contributed by atoms with Crippen LogP contribution in [-0.2, 0) is 9.59 Å². The second-order valence-electron chi connectivity index (χ2n) is 4.26. The van der Waals surface area contributed by atoms with Crippen molar-refractivity contribution in [3.05, 3.63) is 0 Å². The largest absolute Gasteiger partial charge is 0.480 e. The smallest absolute Gasteiger partial charge is 0.323 e. The molecule has 102 valence electrons. The molecule has 1 aliphatic heterocycles. The molecule has 0 saturated carbocycles. The highest BCUT2D eigenvalue weighted by Gasteiger charge is 2.32.